The molecule has 2 aromatic rings. The molecule has 0 fully saturated rings. The second-order valence-electron chi connectivity index (χ2n) is 6.04. The third-order valence-corrected chi connectivity index (χ3v) is 5.06. The van der Waals surface area contributed by atoms with Crippen molar-refractivity contribution in [2.75, 3.05) is 18.1 Å². The van der Waals surface area contributed by atoms with Crippen LogP contribution in [0.25, 0.3) is 0 Å². The Bertz CT molecular complexity index is 896. The molecule has 2 nitrogen and oxygen atoms in total. The van der Waals surface area contributed by atoms with Crippen molar-refractivity contribution in [2.24, 2.45) is 0 Å². The lowest BCUT2D eigenvalue weighted by Gasteiger charge is -2.34. The fourth-order valence-corrected chi connectivity index (χ4v) is 3.84. The Morgan fingerprint density at radius 2 is 1.07 bits per heavy atom. The molecule has 2 aromatic carbocycles. The molecule has 1 aliphatic heterocycles. The van der Waals surface area contributed by atoms with Crippen LogP contribution in [0.1, 0.15) is 13.8 Å². The molecule has 0 bridgehead atoms. The molecule has 0 saturated carbocycles. The fourth-order valence-electron chi connectivity index (χ4n) is 2.69. The van der Waals surface area contributed by atoms with E-state index in [2.05, 4.69) is 0 Å². The van der Waals surface area contributed by atoms with Crippen LogP contribution in [0.3, 0.4) is 0 Å². The molecule has 0 saturated heterocycles. The normalized spacial score (nSPS) is 13.2. The van der Waals surface area contributed by atoms with Crippen molar-refractivity contribution in [3.63, 3.8) is 0 Å². The van der Waals surface area contributed by atoms with Gasteiger partial charge in [-0.25, -0.2) is 35.1 Å². The standard InChI is InChI=1S/C17H11F8NOS/c1-5(2)27-4-3-26-14-10(22)6(18)8(20)12(24)16(14)28-17-13(25)9(21)7(19)11(23)15(17)26/h5H,3-4H2,1-2H3. The van der Waals surface area contributed by atoms with Gasteiger partial charge in [0.05, 0.1) is 33.9 Å². The van der Waals surface area contributed by atoms with Crippen molar-refractivity contribution < 1.29 is 39.9 Å². The summed E-state index contributed by atoms with van der Waals surface area (Å²) >= 11 is -0.0725. The van der Waals surface area contributed by atoms with E-state index < -0.39 is 74.2 Å². The van der Waals surface area contributed by atoms with Crippen LogP contribution < -0.4 is 4.90 Å². The molecule has 0 aromatic heterocycles. The monoisotopic (exact) mass is 429 g/mol. The lowest BCUT2D eigenvalue weighted by Crippen LogP contribution is -2.30. The maximum absolute atomic E-state index is 14.4. The zero-order valence-electron chi connectivity index (χ0n) is 14.3. The van der Waals surface area contributed by atoms with Crippen LogP contribution in [0.5, 0.6) is 0 Å². The number of ether oxygens (including phenoxy) is 1. The maximum Gasteiger partial charge on any atom is 0.199 e. The molecule has 152 valence electrons. The van der Waals surface area contributed by atoms with Gasteiger partial charge in [0.2, 0.25) is 0 Å². The van der Waals surface area contributed by atoms with Crippen molar-refractivity contribution in [3.05, 3.63) is 46.5 Å². The average Bonchev–Trinajstić information content (AvgIpc) is 2.66. The molecule has 3 rings (SSSR count). The minimum atomic E-state index is -2.18. The van der Waals surface area contributed by atoms with E-state index in [-0.39, 0.29) is 24.5 Å². The minimum Gasteiger partial charge on any atom is -0.377 e. The first-order valence-electron chi connectivity index (χ1n) is 7.86. The van der Waals surface area contributed by atoms with Gasteiger partial charge in [-0.05, 0) is 13.8 Å². The molecule has 0 radical (unpaired) electrons. The van der Waals surface area contributed by atoms with Crippen molar-refractivity contribution in [1.29, 1.82) is 0 Å². The summed E-state index contributed by atoms with van der Waals surface area (Å²) in [5.74, 6) is -16.2. The predicted molar refractivity (Wildman–Crippen MR) is 84.8 cm³/mol. The first-order chi connectivity index (χ1) is 13.1. The maximum atomic E-state index is 14.4. The molecule has 0 amide bonds. The van der Waals surface area contributed by atoms with Gasteiger partial charge in [-0.15, -0.1) is 0 Å². The Balaban J connectivity index is 2.29. The highest BCUT2D eigenvalue weighted by molar-refractivity contribution is 7.99. The molecular weight excluding hydrogens is 418 g/mol. The molecule has 0 N–H and O–H groups in total. The number of nitrogens with zero attached hydrogens (tertiary/aromatic N) is 1. The number of hydrogen-bond acceptors (Lipinski definition) is 3. The largest absolute Gasteiger partial charge is 0.377 e. The van der Waals surface area contributed by atoms with Crippen molar-refractivity contribution >= 4 is 23.1 Å². The Labute approximate surface area is 158 Å². The van der Waals surface area contributed by atoms with E-state index in [0.717, 1.165) is 0 Å². The van der Waals surface area contributed by atoms with Crippen LogP contribution in [0.2, 0.25) is 0 Å². The van der Waals surface area contributed by atoms with Gasteiger partial charge in [-0.2, -0.15) is 0 Å². The summed E-state index contributed by atoms with van der Waals surface area (Å²) in [6, 6.07) is 0. The van der Waals surface area contributed by atoms with Gasteiger partial charge in [0.1, 0.15) is 0 Å². The third kappa shape index (κ3) is 3.10. The number of halogens is 8. The highest BCUT2D eigenvalue weighted by Gasteiger charge is 2.39. The van der Waals surface area contributed by atoms with Crippen LogP contribution in [-0.2, 0) is 4.74 Å². The quantitative estimate of drug-likeness (QED) is 0.345. The van der Waals surface area contributed by atoms with E-state index in [4.69, 9.17) is 4.74 Å². The van der Waals surface area contributed by atoms with Crippen LogP contribution in [0.15, 0.2) is 9.79 Å². The van der Waals surface area contributed by atoms with Crippen molar-refractivity contribution in [3.8, 4) is 0 Å². The Morgan fingerprint density at radius 3 is 1.46 bits per heavy atom. The Hall–Kier alpha value is -2.01. The van der Waals surface area contributed by atoms with Gasteiger partial charge in [0, 0.05) is 6.54 Å². The van der Waals surface area contributed by atoms with Crippen molar-refractivity contribution in [2.45, 2.75) is 29.7 Å². The van der Waals surface area contributed by atoms with Crippen LogP contribution >= 0.6 is 11.8 Å². The highest BCUT2D eigenvalue weighted by atomic mass is 32.2. The van der Waals surface area contributed by atoms with Gasteiger partial charge in [-0.1, -0.05) is 11.8 Å². The number of rotatable bonds is 4. The van der Waals surface area contributed by atoms with Gasteiger partial charge in [0.15, 0.2) is 46.5 Å². The predicted octanol–water partition coefficient (Wildman–Crippen LogP) is 5.83. The summed E-state index contributed by atoms with van der Waals surface area (Å²) in [7, 11) is 0. The van der Waals surface area contributed by atoms with Crippen molar-refractivity contribution in [1.82, 2.24) is 0 Å². The summed E-state index contributed by atoms with van der Waals surface area (Å²) in [5.41, 5.74) is -1.93. The van der Waals surface area contributed by atoms with Crippen LogP contribution in [0, 0.1) is 46.5 Å². The smallest absolute Gasteiger partial charge is 0.199 e. The second kappa shape index (κ2) is 7.43. The molecule has 28 heavy (non-hydrogen) atoms. The summed E-state index contributed by atoms with van der Waals surface area (Å²) < 4.78 is 117. The second-order valence-corrected chi connectivity index (χ2v) is 7.06. The van der Waals surface area contributed by atoms with Gasteiger partial charge >= 0.3 is 0 Å². The molecule has 0 unspecified atom stereocenters. The first kappa shape index (κ1) is 20.7. The minimum absolute atomic E-state index is 0.0725. The number of fused-ring (bicyclic) bond motifs is 2. The summed E-state index contributed by atoms with van der Waals surface area (Å²) in [6.45, 7) is 2.46. The van der Waals surface area contributed by atoms with E-state index in [9.17, 15) is 35.1 Å². The number of benzene rings is 2. The molecule has 11 heteroatoms. The summed E-state index contributed by atoms with van der Waals surface area (Å²) in [6.07, 6.45) is -0.351. The van der Waals surface area contributed by atoms with E-state index in [1.54, 1.807) is 13.8 Å². The summed E-state index contributed by atoms with van der Waals surface area (Å²) in [4.78, 5) is -1.36. The SMILES string of the molecule is CC(C)OCCN1c2c(F)c(F)c(F)c(F)c2Sc2c(F)c(F)c(F)c(F)c21. The molecule has 0 atom stereocenters. The zero-order valence-corrected chi connectivity index (χ0v) is 15.1. The Kier molecular flexibility index (Phi) is 5.50. The van der Waals surface area contributed by atoms with Gasteiger partial charge < -0.3 is 9.64 Å². The highest BCUT2D eigenvalue weighted by Crippen LogP contribution is 2.53. The lowest BCUT2D eigenvalue weighted by atomic mass is 10.1. The summed E-state index contributed by atoms with van der Waals surface area (Å²) in [5, 5.41) is 0. The van der Waals surface area contributed by atoms with E-state index in [1.165, 1.54) is 0 Å². The molecule has 0 spiro atoms. The van der Waals surface area contributed by atoms with Gasteiger partial charge in [-0.3, -0.25) is 0 Å². The molecule has 1 heterocycles. The Morgan fingerprint density at radius 1 is 0.679 bits per heavy atom. The molecular formula is C17H11F8NOS. The van der Waals surface area contributed by atoms with Gasteiger partial charge in [0.25, 0.3) is 0 Å². The van der Waals surface area contributed by atoms with E-state index >= 15 is 0 Å². The van der Waals surface area contributed by atoms with E-state index in [0.29, 0.717) is 4.90 Å². The zero-order chi connectivity index (χ0) is 20.9. The number of hydrogen-bond donors (Lipinski definition) is 0. The molecule has 0 aliphatic carbocycles. The van der Waals surface area contributed by atoms with Crippen LogP contribution in [0.4, 0.5) is 46.5 Å². The number of anilines is 2. The third-order valence-electron chi connectivity index (χ3n) is 3.91. The first-order valence-corrected chi connectivity index (χ1v) is 8.68. The van der Waals surface area contributed by atoms with Crippen LogP contribution in [-0.4, -0.2) is 19.3 Å². The molecule has 1 aliphatic rings. The topological polar surface area (TPSA) is 12.5 Å². The van der Waals surface area contributed by atoms with E-state index in [1.807, 2.05) is 0 Å². The average molecular weight is 429 g/mol. The fraction of sp³-hybridized carbons (Fsp3) is 0.294. The lowest BCUT2D eigenvalue weighted by molar-refractivity contribution is 0.0848.